The highest BCUT2D eigenvalue weighted by molar-refractivity contribution is 7.15. The number of ether oxygens (including phenoxy) is 2. The zero-order valence-electron chi connectivity index (χ0n) is 18.4. The van der Waals surface area contributed by atoms with Gasteiger partial charge < -0.3 is 14.4 Å². The molecule has 1 aliphatic rings. The number of aryl methyl sites for hydroxylation is 2. The van der Waals surface area contributed by atoms with E-state index >= 15 is 0 Å². The normalized spacial score (nSPS) is 12.9. The number of amides is 1. The fourth-order valence-corrected chi connectivity index (χ4v) is 4.66. The van der Waals surface area contributed by atoms with Crippen LogP contribution in [0.2, 0.25) is 0 Å². The molecule has 0 spiro atoms. The van der Waals surface area contributed by atoms with Crippen molar-refractivity contribution < 1.29 is 14.3 Å². The SMILES string of the molecule is Cc1ccc(OCCN2C(=O)COc3ccc(-c4nc(-c5ccccn5)sc4C)cc32)cc1. The molecule has 0 fully saturated rings. The Balaban J connectivity index is 1.39. The zero-order chi connectivity index (χ0) is 22.8. The van der Waals surface area contributed by atoms with Gasteiger partial charge in [0.2, 0.25) is 0 Å². The maximum absolute atomic E-state index is 12.7. The Morgan fingerprint density at radius 3 is 2.73 bits per heavy atom. The van der Waals surface area contributed by atoms with Crippen molar-refractivity contribution in [2.45, 2.75) is 13.8 Å². The minimum absolute atomic E-state index is 0.0242. The van der Waals surface area contributed by atoms with Gasteiger partial charge in [0.1, 0.15) is 23.1 Å². The molecule has 3 heterocycles. The van der Waals surface area contributed by atoms with Crippen LogP contribution in [0.25, 0.3) is 22.0 Å². The lowest BCUT2D eigenvalue weighted by molar-refractivity contribution is -0.121. The van der Waals surface area contributed by atoms with Crippen LogP contribution in [0.5, 0.6) is 11.5 Å². The fraction of sp³-hybridized carbons (Fsp3) is 0.192. The molecule has 0 N–H and O–H groups in total. The first-order valence-electron chi connectivity index (χ1n) is 10.7. The zero-order valence-corrected chi connectivity index (χ0v) is 19.3. The van der Waals surface area contributed by atoms with Crippen molar-refractivity contribution in [1.82, 2.24) is 9.97 Å². The number of thiazole rings is 1. The number of fused-ring (bicyclic) bond motifs is 1. The van der Waals surface area contributed by atoms with Crippen LogP contribution in [0.4, 0.5) is 5.69 Å². The van der Waals surface area contributed by atoms with Crippen molar-refractivity contribution in [3.63, 3.8) is 0 Å². The van der Waals surface area contributed by atoms with Crippen LogP contribution in [-0.4, -0.2) is 35.6 Å². The Labute approximate surface area is 196 Å². The van der Waals surface area contributed by atoms with E-state index in [0.717, 1.165) is 38.3 Å². The minimum Gasteiger partial charge on any atom is -0.492 e. The van der Waals surface area contributed by atoms with Gasteiger partial charge in [-0.25, -0.2) is 4.98 Å². The van der Waals surface area contributed by atoms with Gasteiger partial charge in [-0.1, -0.05) is 23.8 Å². The summed E-state index contributed by atoms with van der Waals surface area (Å²) in [5.74, 6) is 1.39. The molecule has 0 radical (unpaired) electrons. The Morgan fingerprint density at radius 1 is 1.09 bits per heavy atom. The molecule has 6 nitrogen and oxygen atoms in total. The number of hydrogen-bond donors (Lipinski definition) is 0. The van der Waals surface area contributed by atoms with Gasteiger partial charge in [-0.15, -0.1) is 11.3 Å². The van der Waals surface area contributed by atoms with Crippen molar-refractivity contribution in [2.24, 2.45) is 0 Å². The molecule has 4 aromatic rings. The highest BCUT2D eigenvalue weighted by atomic mass is 32.1. The summed E-state index contributed by atoms with van der Waals surface area (Å²) in [6, 6.07) is 19.6. The quantitative estimate of drug-likeness (QED) is 0.393. The first kappa shape index (κ1) is 21.2. The lowest BCUT2D eigenvalue weighted by atomic mass is 10.1. The van der Waals surface area contributed by atoms with Crippen LogP contribution >= 0.6 is 11.3 Å². The second-order valence-electron chi connectivity index (χ2n) is 7.82. The van der Waals surface area contributed by atoms with E-state index < -0.39 is 0 Å². The molecular weight excluding hydrogens is 434 g/mol. The summed E-state index contributed by atoms with van der Waals surface area (Å²) in [5, 5.41) is 0.872. The number of benzene rings is 2. The molecule has 2 aromatic carbocycles. The van der Waals surface area contributed by atoms with Crippen molar-refractivity contribution >= 4 is 22.9 Å². The first-order valence-corrected chi connectivity index (χ1v) is 11.6. The molecule has 0 saturated carbocycles. The molecule has 0 bridgehead atoms. The molecule has 5 rings (SSSR count). The van der Waals surface area contributed by atoms with Gasteiger partial charge >= 0.3 is 0 Å². The molecule has 2 aromatic heterocycles. The third kappa shape index (κ3) is 4.45. The molecule has 0 saturated heterocycles. The predicted molar refractivity (Wildman–Crippen MR) is 130 cm³/mol. The van der Waals surface area contributed by atoms with Crippen molar-refractivity contribution in [3.05, 3.63) is 77.3 Å². The summed E-state index contributed by atoms with van der Waals surface area (Å²) in [4.78, 5) is 24.7. The summed E-state index contributed by atoms with van der Waals surface area (Å²) >= 11 is 1.61. The molecule has 7 heteroatoms. The molecule has 0 atom stereocenters. The Kier molecular flexibility index (Phi) is 5.79. The van der Waals surface area contributed by atoms with Gasteiger partial charge in [-0.05, 0) is 56.3 Å². The molecule has 1 amide bonds. The number of anilines is 1. The van der Waals surface area contributed by atoms with E-state index in [4.69, 9.17) is 14.5 Å². The molecular formula is C26H23N3O3S. The summed E-state index contributed by atoms with van der Waals surface area (Å²) in [6.07, 6.45) is 1.77. The lowest BCUT2D eigenvalue weighted by Crippen LogP contribution is -2.41. The second kappa shape index (κ2) is 9.03. The molecule has 0 aliphatic carbocycles. The smallest absolute Gasteiger partial charge is 0.265 e. The summed E-state index contributed by atoms with van der Waals surface area (Å²) in [6.45, 7) is 4.93. The lowest BCUT2D eigenvalue weighted by Gasteiger charge is -2.29. The molecule has 0 unspecified atom stereocenters. The Hall–Kier alpha value is -3.71. The number of carbonyl (C=O) groups is 1. The fourth-order valence-electron chi connectivity index (χ4n) is 3.75. The number of nitrogens with zero attached hydrogens (tertiary/aromatic N) is 3. The van der Waals surface area contributed by atoms with E-state index in [0.29, 0.717) is 18.9 Å². The van der Waals surface area contributed by atoms with E-state index in [1.54, 1.807) is 22.4 Å². The Bertz CT molecular complexity index is 1290. The van der Waals surface area contributed by atoms with Crippen LogP contribution in [0, 0.1) is 13.8 Å². The average Bonchev–Trinajstić information content (AvgIpc) is 3.23. The second-order valence-corrected chi connectivity index (χ2v) is 9.02. The molecule has 1 aliphatic heterocycles. The van der Waals surface area contributed by atoms with E-state index in [-0.39, 0.29) is 12.5 Å². The summed E-state index contributed by atoms with van der Waals surface area (Å²) in [5.41, 5.74) is 4.59. The monoisotopic (exact) mass is 457 g/mol. The minimum atomic E-state index is -0.0867. The topological polar surface area (TPSA) is 64.5 Å². The van der Waals surface area contributed by atoms with Gasteiger partial charge in [0.05, 0.1) is 23.6 Å². The van der Waals surface area contributed by atoms with Gasteiger partial charge in [-0.2, -0.15) is 0 Å². The van der Waals surface area contributed by atoms with Gasteiger partial charge in [-0.3, -0.25) is 9.78 Å². The number of rotatable bonds is 6. The first-order chi connectivity index (χ1) is 16.1. The number of carbonyl (C=O) groups excluding carboxylic acids is 1. The standard InChI is InChI=1S/C26H23N3O3S/c1-17-6-9-20(10-7-17)31-14-13-29-22-15-19(8-11-23(22)32-16-24(29)30)25-18(2)33-26(28-25)21-5-3-4-12-27-21/h3-12,15H,13-14,16H2,1-2H3. The number of hydrogen-bond acceptors (Lipinski definition) is 6. The highest BCUT2D eigenvalue weighted by Gasteiger charge is 2.26. The summed E-state index contributed by atoms with van der Waals surface area (Å²) < 4.78 is 11.5. The third-order valence-electron chi connectivity index (χ3n) is 5.46. The van der Waals surface area contributed by atoms with E-state index in [2.05, 4.69) is 4.98 Å². The van der Waals surface area contributed by atoms with Crippen LogP contribution in [-0.2, 0) is 4.79 Å². The van der Waals surface area contributed by atoms with Crippen LogP contribution in [0.1, 0.15) is 10.4 Å². The van der Waals surface area contributed by atoms with Crippen molar-refractivity contribution in [3.8, 4) is 33.5 Å². The van der Waals surface area contributed by atoms with Crippen LogP contribution in [0.15, 0.2) is 66.9 Å². The van der Waals surface area contributed by atoms with Gasteiger partial charge in [0.15, 0.2) is 6.61 Å². The Morgan fingerprint density at radius 2 is 1.94 bits per heavy atom. The number of aromatic nitrogens is 2. The maximum atomic E-state index is 12.7. The maximum Gasteiger partial charge on any atom is 0.265 e. The van der Waals surface area contributed by atoms with Crippen molar-refractivity contribution in [1.29, 1.82) is 0 Å². The van der Waals surface area contributed by atoms with E-state index in [1.165, 1.54) is 5.56 Å². The van der Waals surface area contributed by atoms with Crippen molar-refractivity contribution in [2.75, 3.05) is 24.7 Å². The number of pyridine rings is 1. The highest BCUT2D eigenvalue weighted by Crippen LogP contribution is 2.38. The van der Waals surface area contributed by atoms with E-state index in [9.17, 15) is 4.79 Å². The average molecular weight is 458 g/mol. The molecule has 166 valence electrons. The van der Waals surface area contributed by atoms with Crippen LogP contribution < -0.4 is 14.4 Å². The van der Waals surface area contributed by atoms with E-state index in [1.807, 2.05) is 74.5 Å². The van der Waals surface area contributed by atoms with Gasteiger partial charge in [0, 0.05) is 16.6 Å². The van der Waals surface area contributed by atoms with Gasteiger partial charge in [0.25, 0.3) is 5.91 Å². The third-order valence-corrected chi connectivity index (χ3v) is 6.45. The largest absolute Gasteiger partial charge is 0.492 e. The summed E-state index contributed by atoms with van der Waals surface area (Å²) in [7, 11) is 0. The van der Waals surface area contributed by atoms with Crippen LogP contribution in [0.3, 0.4) is 0 Å². The molecule has 33 heavy (non-hydrogen) atoms. The predicted octanol–water partition coefficient (Wildman–Crippen LogP) is 5.29.